The Kier molecular flexibility index (Phi) is 5.80. The van der Waals surface area contributed by atoms with Crippen molar-refractivity contribution >= 4 is 34.8 Å². The van der Waals surface area contributed by atoms with Gasteiger partial charge in [-0.3, -0.25) is 4.79 Å². The highest BCUT2D eigenvalue weighted by atomic mass is 35.5. The highest BCUT2D eigenvalue weighted by molar-refractivity contribution is 7.17. The van der Waals surface area contributed by atoms with Gasteiger partial charge < -0.3 is 14.8 Å². The van der Waals surface area contributed by atoms with Gasteiger partial charge in [-0.15, -0.1) is 11.3 Å². The van der Waals surface area contributed by atoms with Gasteiger partial charge in [0, 0.05) is 6.54 Å². The molecule has 0 spiro atoms. The van der Waals surface area contributed by atoms with Gasteiger partial charge in [0.2, 0.25) is 0 Å². The van der Waals surface area contributed by atoms with E-state index in [1.807, 2.05) is 24.3 Å². The Hall–Kier alpha value is -2.05. The molecule has 0 radical (unpaired) electrons. The Morgan fingerprint density at radius 2 is 1.91 bits per heavy atom. The number of benzene rings is 1. The molecule has 0 aliphatic heterocycles. The molecule has 0 atom stereocenters. The number of carbonyl (C=O) groups excluding carboxylic acids is 2. The summed E-state index contributed by atoms with van der Waals surface area (Å²) in [5, 5.41) is 2.67. The smallest absolute Gasteiger partial charge is 0.348 e. The van der Waals surface area contributed by atoms with E-state index in [-0.39, 0.29) is 12.5 Å². The van der Waals surface area contributed by atoms with Gasteiger partial charge in [-0.1, -0.05) is 23.7 Å². The molecule has 1 aromatic carbocycles. The average molecular weight is 340 g/mol. The molecule has 0 bridgehead atoms. The molecule has 0 aliphatic carbocycles. The van der Waals surface area contributed by atoms with Gasteiger partial charge in [-0.2, -0.15) is 0 Å². The van der Waals surface area contributed by atoms with Crippen LogP contribution in [0.25, 0.3) is 0 Å². The number of methoxy groups -OCH3 is 1. The van der Waals surface area contributed by atoms with E-state index in [1.165, 1.54) is 0 Å². The maximum absolute atomic E-state index is 11.6. The van der Waals surface area contributed by atoms with Crippen molar-refractivity contribution in [3.05, 3.63) is 51.2 Å². The van der Waals surface area contributed by atoms with E-state index < -0.39 is 5.97 Å². The third kappa shape index (κ3) is 4.75. The lowest BCUT2D eigenvalue weighted by Crippen LogP contribution is -2.28. The number of carbonyl (C=O) groups is 2. The van der Waals surface area contributed by atoms with Crippen LogP contribution in [0, 0.1) is 0 Å². The number of ether oxygens (including phenoxy) is 2. The number of esters is 1. The van der Waals surface area contributed by atoms with Crippen LogP contribution in [0.2, 0.25) is 4.34 Å². The van der Waals surface area contributed by atoms with Crippen molar-refractivity contribution in [3.63, 3.8) is 0 Å². The van der Waals surface area contributed by atoms with E-state index >= 15 is 0 Å². The lowest BCUT2D eigenvalue weighted by Gasteiger charge is -2.07. The van der Waals surface area contributed by atoms with Gasteiger partial charge in [0.05, 0.1) is 11.4 Å². The molecule has 2 rings (SSSR count). The number of amides is 1. The van der Waals surface area contributed by atoms with Gasteiger partial charge in [0.15, 0.2) is 6.61 Å². The maximum atomic E-state index is 11.6. The van der Waals surface area contributed by atoms with Crippen molar-refractivity contribution in [2.45, 2.75) is 6.54 Å². The molecule has 1 aromatic heterocycles. The van der Waals surface area contributed by atoms with Gasteiger partial charge >= 0.3 is 5.97 Å². The Balaban J connectivity index is 1.74. The SMILES string of the molecule is COc1ccc(CNC(=O)COC(=O)c2ccc(Cl)s2)cc1. The fourth-order valence-electron chi connectivity index (χ4n) is 1.62. The molecule has 0 unspecified atom stereocenters. The number of halogens is 1. The first kappa shape index (κ1) is 16.3. The molecule has 5 nitrogen and oxygen atoms in total. The maximum Gasteiger partial charge on any atom is 0.348 e. The van der Waals surface area contributed by atoms with Crippen LogP contribution >= 0.6 is 22.9 Å². The second-order valence-corrected chi connectivity index (χ2v) is 6.02. The summed E-state index contributed by atoms with van der Waals surface area (Å²) in [5.74, 6) is -0.179. The second-order valence-electron chi connectivity index (χ2n) is 4.30. The van der Waals surface area contributed by atoms with Crippen LogP contribution in [0.1, 0.15) is 15.2 Å². The highest BCUT2D eigenvalue weighted by Gasteiger charge is 2.12. The molecule has 1 N–H and O–H groups in total. The second kappa shape index (κ2) is 7.82. The van der Waals surface area contributed by atoms with E-state index in [9.17, 15) is 9.59 Å². The zero-order chi connectivity index (χ0) is 15.9. The van der Waals surface area contributed by atoms with Crippen LogP contribution in [-0.2, 0) is 16.1 Å². The first-order chi connectivity index (χ1) is 10.6. The predicted molar refractivity (Wildman–Crippen MR) is 84.5 cm³/mol. The topological polar surface area (TPSA) is 64.6 Å². The largest absolute Gasteiger partial charge is 0.497 e. The van der Waals surface area contributed by atoms with Crippen LogP contribution < -0.4 is 10.1 Å². The molecule has 1 heterocycles. The Morgan fingerprint density at radius 3 is 2.50 bits per heavy atom. The van der Waals surface area contributed by atoms with Crippen molar-refractivity contribution in [2.75, 3.05) is 13.7 Å². The zero-order valence-corrected chi connectivity index (χ0v) is 13.4. The summed E-state index contributed by atoms with van der Waals surface area (Å²) in [6.07, 6.45) is 0. The normalized spacial score (nSPS) is 10.1. The molecule has 22 heavy (non-hydrogen) atoms. The fourth-order valence-corrected chi connectivity index (χ4v) is 2.56. The van der Waals surface area contributed by atoms with Gasteiger partial charge in [-0.25, -0.2) is 4.79 Å². The van der Waals surface area contributed by atoms with Gasteiger partial charge in [-0.05, 0) is 29.8 Å². The molecule has 116 valence electrons. The molecule has 2 aromatic rings. The predicted octanol–water partition coefficient (Wildman–Crippen LogP) is 2.88. The van der Waals surface area contributed by atoms with Crippen molar-refractivity contribution in [1.29, 1.82) is 0 Å². The number of nitrogens with one attached hydrogen (secondary N) is 1. The number of hydrogen-bond acceptors (Lipinski definition) is 5. The first-order valence-electron chi connectivity index (χ1n) is 6.40. The molecular formula is C15H14ClNO4S. The van der Waals surface area contributed by atoms with E-state index in [1.54, 1.807) is 19.2 Å². The number of rotatable bonds is 6. The molecule has 0 saturated heterocycles. The lowest BCUT2D eigenvalue weighted by atomic mass is 10.2. The third-order valence-electron chi connectivity index (χ3n) is 2.76. The van der Waals surface area contributed by atoms with Crippen LogP contribution in [-0.4, -0.2) is 25.6 Å². The molecule has 7 heteroatoms. The minimum Gasteiger partial charge on any atom is -0.497 e. The van der Waals surface area contributed by atoms with E-state index in [0.29, 0.717) is 15.8 Å². The summed E-state index contributed by atoms with van der Waals surface area (Å²) >= 11 is 6.84. The van der Waals surface area contributed by atoms with Crippen molar-refractivity contribution in [2.24, 2.45) is 0 Å². The third-order valence-corrected chi connectivity index (χ3v) is 3.97. The van der Waals surface area contributed by atoms with Crippen LogP contribution in [0.4, 0.5) is 0 Å². The van der Waals surface area contributed by atoms with E-state index in [0.717, 1.165) is 22.6 Å². The molecular weight excluding hydrogens is 326 g/mol. The summed E-state index contributed by atoms with van der Waals surface area (Å²) in [4.78, 5) is 23.7. The summed E-state index contributed by atoms with van der Waals surface area (Å²) in [7, 11) is 1.59. The minimum atomic E-state index is -0.559. The van der Waals surface area contributed by atoms with E-state index in [4.69, 9.17) is 21.1 Å². The van der Waals surface area contributed by atoms with Gasteiger partial charge in [0.25, 0.3) is 5.91 Å². The minimum absolute atomic E-state index is 0.329. The standard InChI is InChI=1S/C15H14ClNO4S/c1-20-11-4-2-10(3-5-11)8-17-14(18)9-21-15(19)12-6-7-13(16)22-12/h2-7H,8-9H2,1H3,(H,17,18). The van der Waals surface area contributed by atoms with Gasteiger partial charge in [0.1, 0.15) is 10.6 Å². The van der Waals surface area contributed by atoms with Crippen LogP contribution in [0.15, 0.2) is 36.4 Å². The molecule has 1 amide bonds. The van der Waals surface area contributed by atoms with Crippen LogP contribution in [0.3, 0.4) is 0 Å². The molecule has 0 aliphatic rings. The molecule has 0 saturated carbocycles. The Bertz CT molecular complexity index is 654. The van der Waals surface area contributed by atoms with Crippen molar-refractivity contribution in [1.82, 2.24) is 5.32 Å². The Labute approximate surface area is 136 Å². The molecule has 0 fully saturated rings. The van der Waals surface area contributed by atoms with Crippen LogP contribution in [0.5, 0.6) is 5.75 Å². The summed E-state index contributed by atoms with van der Waals surface area (Å²) in [6.45, 7) is 0.0235. The summed E-state index contributed by atoms with van der Waals surface area (Å²) < 4.78 is 10.5. The average Bonchev–Trinajstić information content (AvgIpc) is 2.97. The van der Waals surface area contributed by atoms with Crippen molar-refractivity contribution in [3.8, 4) is 5.75 Å². The van der Waals surface area contributed by atoms with Crippen molar-refractivity contribution < 1.29 is 19.1 Å². The lowest BCUT2D eigenvalue weighted by molar-refractivity contribution is -0.124. The monoisotopic (exact) mass is 339 g/mol. The first-order valence-corrected chi connectivity index (χ1v) is 7.60. The quantitative estimate of drug-likeness (QED) is 0.822. The fraction of sp³-hybridized carbons (Fsp3) is 0.200. The zero-order valence-electron chi connectivity index (χ0n) is 11.8. The van der Waals surface area contributed by atoms with E-state index in [2.05, 4.69) is 5.32 Å². The highest BCUT2D eigenvalue weighted by Crippen LogP contribution is 2.21. The Morgan fingerprint density at radius 1 is 1.18 bits per heavy atom. The number of hydrogen-bond donors (Lipinski definition) is 1. The summed E-state index contributed by atoms with van der Waals surface area (Å²) in [6, 6.07) is 10.5. The number of thiophene rings is 1. The summed E-state index contributed by atoms with van der Waals surface area (Å²) in [5.41, 5.74) is 0.922.